The van der Waals surface area contributed by atoms with Gasteiger partial charge in [0.2, 0.25) is 5.91 Å². The lowest BCUT2D eigenvalue weighted by Gasteiger charge is -2.16. The molecule has 2 aromatic heterocycles. The maximum Gasteiger partial charge on any atom is 0.243 e. The van der Waals surface area contributed by atoms with Gasteiger partial charge in [-0.25, -0.2) is 4.98 Å². The molecule has 0 saturated carbocycles. The third-order valence-electron chi connectivity index (χ3n) is 3.25. The molecular formula is C13H15N3O2. The van der Waals surface area contributed by atoms with Crippen LogP contribution in [-0.4, -0.2) is 22.0 Å². The minimum absolute atomic E-state index is 0.0679. The van der Waals surface area contributed by atoms with Crippen molar-refractivity contribution in [2.24, 2.45) is 0 Å². The minimum Gasteiger partial charge on any atom is -0.461 e. The lowest BCUT2D eigenvalue weighted by molar-refractivity contribution is -0.124. The van der Waals surface area contributed by atoms with Crippen molar-refractivity contribution in [2.45, 2.75) is 25.3 Å². The summed E-state index contributed by atoms with van der Waals surface area (Å²) in [6.07, 6.45) is 8.08. The van der Waals surface area contributed by atoms with Crippen molar-refractivity contribution in [3.63, 3.8) is 0 Å². The highest BCUT2D eigenvalue weighted by molar-refractivity contribution is 5.81. The molecule has 1 aliphatic heterocycles. The number of imidazole rings is 1. The average Bonchev–Trinajstić information content (AvgIpc) is 3.00. The molecule has 2 aromatic rings. The molecule has 0 aliphatic carbocycles. The third-order valence-corrected chi connectivity index (χ3v) is 3.25. The minimum atomic E-state index is -0.185. The van der Waals surface area contributed by atoms with E-state index < -0.39 is 0 Å². The van der Waals surface area contributed by atoms with E-state index in [0.717, 1.165) is 25.8 Å². The van der Waals surface area contributed by atoms with Crippen LogP contribution in [0.25, 0.3) is 11.6 Å². The summed E-state index contributed by atoms with van der Waals surface area (Å²) in [7, 11) is 0. The molecule has 1 N–H and O–H groups in total. The van der Waals surface area contributed by atoms with Gasteiger partial charge in [-0.3, -0.25) is 4.79 Å². The highest BCUT2D eigenvalue weighted by Gasteiger charge is 2.25. The van der Waals surface area contributed by atoms with Gasteiger partial charge in [-0.05, 0) is 31.4 Å². The zero-order valence-electron chi connectivity index (χ0n) is 10.0. The van der Waals surface area contributed by atoms with Crippen molar-refractivity contribution in [3.05, 3.63) is 30.8 Å². The van der Waals surface area contributed by atoms with E-state index >= 15 is 0 Å². The maximum atomic E-state index is 12.0. The van der Waals surface area contributed by atoms with E-state index in [-0.39, 0.29) is 11.9 Å². The second-order valence-electron chi connectivity index (χ2n) is 4.44. The number of hydrogen-bond donors (Lipinski definition) is 1. The van der Waals surface area contributed by atoms with Crippen molar-refractivity contribution in [1.82, 2.24) is 14.9 Å². The van der Waals surface area contributed by atoms with Gasteiger partial charge >= 0.3 is 0 Å². The van der Waals surface area contributed by atoms with Gasteiger partial charge in [-0.2, -0.15) is 0 Å². The van der Waals surface area contributed by atoms with Gasteiger partial charge in [0, 0.05) is 18.9 Å². The number of carbonyl (C=O) groups excluding carboxylic acids is 1. The third kappa shape index (κ3) is 1.92. The predicted molar refractivity (Wildman–Crippen MR) is 65.8 cm³/mol. The number of hydrogen-bond acceptors (Lipinski definition) is 3. The van der Waals surface area contributed by atoms with E-state index in [1.54, 1.807) is 12.5 Å². The van der Waals surface area contributed by atoms with Crippen LogP contribution in [-0.2, 0) is 4.79 Å². The molecule has 0 spiro atoms. The van der Waals surface area contributed by atoms with E-state index in [4.69, 9.17) is 4.42 Å². The Morgan fingerprint density at radius 3 is 3.22 bits per heavy atom. The van der Waals surface area contributed by atoms with Gasteiger partial charge in [-0.1, -0.05) is 0 Å². The number of furan rings is 1. The Bertz CT molecular complexity index is 530. The Morgan fingerprint density at radius 2 is 2.39 bits per heavy atom. The second-order valence-corrected chi connectivity index (χ2v) is 4.44. The maximum absolute atomic E-state index is 12.0. The van der Waals surface area contributed by atoms with Crippen LogP contribution in [0.15, 0.2) is 35.2 Å². The summed E-state index contributed by atoms with van der Waals surface area (Å²) in [4.78, 5) is 16.3. The van der Waals surface area contributed by atoms with Crippen molar-refractivity contribution in [1.29, 1.82) is 0 Å². The number of aromatic nitrogens is 2. The molecule has 3 heterocycles. The topological polar surface area (TPSA) is 60.1 Å². The number of nitrogens with zero attached hydrogens (tertiary/aromatic N) is 2. The number of rotatable bonds is 2. The molecule has 0 aromatic carbocycles. The molecule has 94 valence electrons. The quantitative estimate of drug-likeness (QED) is 0.880. The lowest BCUT2D eigenvalue weighted by Crippen LogP contribution is -2.30. The predicted octanol–water partition coefficient (Wildman–Crippen LogP) is 1.98. The SMILES string of the molecule is O=C1NCCCCC1n1ccnc1-c1ccco1. The van der Waals surface area contributed by atoms with Crippen molar-refractivity contribution >= 4 is 5.91 Å². The molecule has 1 unspecified atom stereocenters. The van der Waals surface area contributed by atoms with E-state index in [1.165, 1.54) is 0 Å². The van der Waals surface area contributed by atoms with Gasteiger partial charge < -0.3 is 14.3 Å². The van der Waals surface area contributed by atoms with Crippen LogP contribution in [0, 0.1) is 0 Å². The monoisotopic (exact) mass is 245 g/mol. The molecule has 5 heteroatoms. The first-order valence-corrected chi connectivity index (χ1v) is 6.20. The first kappa shape index (κ1) is 11.1. The van der Waals surface area contributed by atoms with Crippen LogP contribution in [0.3, 0.4) is 0 Å². The van der Waals surface area contributed by atoms with Crippen LogP contribution in [0.1, 0.15) is 25.3 Å². The molecular weight excluding hydrogens is 230 g/mol. The van der Waals surface area contributed by atoms with Gasteiger partial charge in [0.1, 0.15) is 6.04 Å². The highest BCUT2D eigenvalue weighted by atomic mass is 16.3. The van der Waals surface area contributed by atoms with Crippen molar-refractivity contribution < 1.29 is 9.21 Å². The fourth-order valence-corrected chi connectivity index (χ4v) is 2.35. The fraction of sp³-hybridized carbons (Fsp3) is 0.385. The summed E-state index contributed by atoms with van der Waals surface area (Å²) in [5.41, 5.74) is 0. The van der Waals surface area contributed by atoms with Gasteiger partial charge in [0.15, 0.2) is 11.6 Å². The molecule has 1 atom stereocenters. The van der Waals surface area contributed by atoms with Crippen LogP contribution < -0.4 is 5.32 Å². The van der Waals surface area contributed by atoms with Crippen molar-refractivity contribution in [3.8, 4) is 11.6 Å². The molecule has 18 heavy (non-hydrogen) atoms. The molecule has 1 aliphatic rings. The van der Waals surface area contributed by atoms with Crippen LogP contribution in [0.2, 0.25) is 0 Å². The summed E-state index contributed by atoms with van der Waals surface area (Å²) < 4.78 is 7.26. The molecule has 1 saturated heterocycles. The Hall–Kier alpha value is -2.04. The first-order valence-electron chi connectivity index (χ1n) is 6.20. The standard InChI is InChI=1S/C13H15N3O2/c17-13-10(4-1-2-6-15-13)16-8-7-14-12(16)11-5-3-9-18-11/h3,5,7-10H,1-2,4,6H2,(H,15,17). The van der Waals surface area contributed by atoms with Crippen LogP contribution in [0.5, 0.6) is 0 Å². The van der Waals surface area contributed by atoms with Crippen molar-refractivity contribution in [2.75, 3.05) is 6.54 Å². The van der Waals surface area contributed by atoms with E-state index in [0.29, 0.717) is 11.6 Å². The van der Waals surface area contributed by atoms with E-state index in [2.05, 4.69) is 10.3 Å². The lowest BCUT2D eigenvalue weighted by atomic mass is 10.1. The summed E-state index contributed by atoms with van der Waals surface area (Å²) in [5, 5.41) is 2.94. The smallest absolute Gasteiger partial charge is 0.243 e. The number of amides is 1. The highest BCUT2D eigenvalue weighted by Crippen LogP contribution is 2.25. The van der Waals surface area contributed by atoms with E-state index in [1.807, 2.05) is 22.9 Å². The van der Waals surface area contributed by atoms with Gasteiger partial charge in [-0.15, -0.1) is 0 Å². The largest absolute Gasteiger partial charge is 0.461 e. The molecule has 0 bridgehead atoms. The normalized spacial score (nSPS) is 20.4. The molecule has 0 radical (unpaired) electrons. The zero-order chi connectivity index (χ0) is 12.4. The Labute approximate surface area is 105 Å². The Kier molecular flexibility index (Phi) is 2.88. The zero-order valence-corrected chi connectivity index (χ0v) is 10.0. The Morgan fingerprint density at radius 1 is 1.44 bits per heavy atom. The fourth-order valence-electron chi connectivity index (χ4n) is 2.35. The summed E-state index contributed by atoms with van der Waals surface area (Å²) in [5.74, 6) is 1.47. The van der Waals surface area contributed by atoms with E-state index in [9.17, 15) is 4.79 Å². The number of carbonyl (C=O) groups is 1. The van der Waals surface area contributed by atoms with Gasteiger partial charge in [0.25, 0.3) is 0 Å². The van der Waals surface area contributed by atoms with Crippen LogP contribution in [0.4, 0.5) is 0 Å². The number of nitrogens with one attached hydrogen (secondary N) is 1. The summed E-state index contributed by atoms with van der Waals surface area (Å²) in [6, 6.07) is 3.49. The molecule has 1 amide bonds. The average molecular weight is 245 g/mol. The molecule has 3 rings (SSSR count). The van der Waals surface area contributed by atoms with Crippen LogP contribution >= 0.6 is 0 Å². The molecule has 5 nitrogen and oxygen atoms in total. The molecule has 1 fully saturated rings. The summed E-state index contributed by atoms with van der Waals surface area (Å²) >= 11 is 0. The second kappa shape index (κ2) is 4.68. The van der Waals surface area contributed by atoms with Gasteiger partial charge in [0.05, 0.1) is 6.26 Å². The first-order chi connectivity index (χ1) is 8.86. The summed E-state index contributed by atoms with van der Waals surface area (Å²) in [6.45, 7) is 0.764. The Balaban J connectivity index is 1.96.